The lowest BCUT2D eigenvalue weighted by Gasteiger charge is -2.23. The van der Waals surface area contributed by atoms with Gasteiger partial charge in [-0.25, -0.2) is 13.1 Å². The van der Waals surface area contributed by atoms with Gasteiger partial charge in [-0.05, 0) is 30.5 Å². The Labute approximate surface area is 119 Å². The van der Waals surface area contributed by atoms with E-state index in [4.69, 9.17) is 0 Å². The highest BCUT2D eigenvalue weighted by atomic mass is 32.2. The van der Waals surface area contributed by atoms with Crippen molar-refractivity contribution in [2.75, 3.05) is 6.54 Å². The molecule has 0 radical (unpaired) electrons. The van der Waals surface area contributed by atoms with Crippen molar-refractivity contribution in [3.8, 4) is 0 Å². The largest absolute Gasteiger partial charge is 0.355 e. The van der Waals surface area contributed by atoms with Gasteiger partial charge in [-0.3, -0.25) is 4.79 Å². The Morgan fingerprint density at radius 2 is 2.00 bits per heavy atom. The van der Waals surface area contributed by atoms with E-state index in [2.05, 4.69) is 17.0 Å². The molecular formula is C14H20N2O3S. The summed E-state index contributed by atoms with van der Waals surface area (Å²) in [6, 6.07) is 6.73. The van der Waals surface area contributed by atoms with Crippen LogP contribution in [0, 0.1) is 0 Å². The summed E-state index contributed by atoms with van der Waals surface area (Å²) in [5.74, 6) is -0.0237. The van der Waals surface area contributed by atoms with Crippen molar-refractivity contribution in [3.05, 3.63) is 29.8 Å². The number of rotatable bonds is 5. The minimum atomic E-state index is -3.51. The fourth-order valence-electron chi connectivity index (χ4n) is 2.24. The number of sulfonamides is 1. The zero-order valence-corrected chi connectivity index (χ0v) is 12.4. The SMILES string of the molecule is CCCc1ccc(S(=O)(=O)NC2CCC(=O)NC2)cc1. The number of carbonyl (C=O) groups is 1. The van der Waals surface area contributed by atoms with Crippen molar-refractivity contribution >= 4 is 15.9 Å². The summed E-state index contributed by atoms with van der Waals surface area (Å²) >= 11 is 0. The molecule has 0 bridgehead atoms. The van der Waals surface area contributed by atoms with Gasteiger partial charge in [-0.15, -0.1) is 0 Å². The van der Waals surface area contributed by atoms with E-state index in [9.17, 15) is 13.2 Å². The van der Waals surface area contributed by atoms with E-state index in [1.165, 1.54) is 0 Å². The number of piperidine rings is 1. The highest BCUT2D eigenvalue weighted by molar-refractivity contribution is 7.89. The fraction of sp³-hybridized carbons (Fsp3) is 0.500. The summed E-state index contributed by atoms with van der Waals surface area (Å²) < 4.78 is 27.1. The lowest BCUT2D eigenvalue weighted by atomic mass is 10.1. The predicted octanol–water partition coefficient (Wildman–Crippen LogP) is 1.20. The zero-order valence-electron chi connectivity index (χ0n) is 11.6. The molecule has 2 N–H and O–H groups in total. The van der Waals surface area contributed by atoms with E-state index in [1.54, 1.807) is 12.1 Å². The van der Waals surface area contributed by atoms with E-state index < -0.39 is 10.0 Å². The maximum Gasteiger partial charge on any atom is 0.240 e. The average molecular weight is 296 g/mol. The number of nitrogens with one attached hydrogen (secondary N) is 2. The van der Waals surface area contributed by atoms with Crippen LogP contribution in [0.2, 0.25) is 0 Å². The molecule has 1 aliphatic rings. The van der Waals surface area contributed by atoms with Crippen LogP contribution in [0.15, 0.2) is 29.2 Å². The normalized spacial score (nSPS) is 19.6. The molecule has 1 unspecified atom stereocenters. The van der Waals surface area contributed by atoms with Gasteiger partial charge in [-0.1, -0.05) is 25.5 Å². The lowest BCUT2D eigenvalue weighted by Crippen LogP contribution is -2.47. The van der Waals surface area contributed by atoms with Gasteiger partial charge in [0.1, 0.15) is 0 Å². The minimum Gasteiger partial charge on any atom is -0.355 e. The first kappa shape index (κ1) is 15.0. The van der Waals surface area contributed by atoms with Crippen LogP contribution >= 0.6 is 0 Å². The molecule has 20 heavy (non-hydrogen) atoms. The van der Waals surface area contributed by atoms with Crippen molar-refractivity contribution in [3.63, 3.8) is 0 Å². The van der Waals surface area contributed by atoms with Gasteiger partial charge in [0.25, 0.3) is 0 Å². The van der Waals surface area contributed by atoms with Gasteiger partial charge < -0.3 is 5.32 Å². The molecule has 1 fully saturated rings. The third-order valence-electron chi connectivity index (χ3n) is 3.36. The van der Waals surface area contributed by atoms with E-state index in [0.717, 1.165) is 18.4 Å². The minimum absolute atomic E-state index is 0.0237. The number of hydrogen-bond donors (Lipinski definition) is 2. The molecule has 1 amide bonds. The van der Waals surface area contributed by atoms with E-state index in [1.807, 2.05) is 12.1 Å². The molecule has 1 heterocycles. The standard InChI is InChI=1S/C14H20N2O3S/c1-2-3-11-4-7-13(8-5-11)20(18,19)16-12-6-9-14(17)15-10-12/h4-5,7-8,12,16H,2-3,6,9-10H2,1H3,(H,15,17). The summed E-state index contributed by atoms with van der Waals surface area (Å²) in [4.78, 5) is 11.3. The van der Waals surface area contributed by atoms with E-state index in [0.29, 0.717) is 19.4 Å². The van der Waals surface area contributed by atoms with Gasteiger partial charge in [-0.2, -0.15) is 0 Å². The summed E-state index contributed by atoms with van der Waals surface area (Å²) in [7, 11) is -3.51. The molecule has 1 aliphatic heterocycles. The Kier molecular flexibility index (Phi) is 4.77. The second-order valence-corrected chi connectivity index (χ2v) is 6.77. The molecule has 0 spiro atoms. The van der Waals surface area contributed by atoms with Crippen LogP contribution in [0.25, 0.3) is 0 Å². The Morgan fingerprint density at radius 3 is 2.55 bits per heavy atom. The first-order valence-corrected chi connectivity index (χ1v) is 8.37. The quantitative estimate of drug-likeness (QED) is 0.857. The molecule has 0 aliphatic carbocycles. The van der Waals surface area contributed by atoms with E-state index >= 15 is 0 Å². The second-order valence-electron chi connectivity index (χ2n) is 5.05. The number of carbonyl (C=O) groups excluding carboxylic acids is 1. The second kappa shape index (κ2) is 6.37. The Balaban J connectivity index is 2.04. The third kappa shape index (κ3) is 3.80. The number of amides is 1. The molecule has 1 aromatic rings. The topological polar surface area (TPSA) is 75.3 Å². The van der Waals surface area contributed by atoms with Crippen LogP contribution in [0.5, 0.6) is 0 Å². The van der Waals surface area contributed by atoms with Crippen LogP contribution in [0.4, 0.5) is 0 Å². The average Bonchev–Trinajstić information content (AvgIpc) is 2.42. The van der Waals surface area contributed by atoms with Crippen LogP contribution in [0.3, 0.4) is 0 Å². The third-order valence-corrected chi connectivity index (χ3v) is 4.90. The van der Waals surface area contributed by atoms with Crippen molar-refractivity contribution in [2.45, 2.75) is 43.5 Å². The highest BCUT2D eigenvalue weighted by Gasteiger charge is 2.23. The highest BCUT2D eigenvalue weighted by Crippen LogP contribution is 2.14. The van der Waals surface area contributed by atoms with Gasteiger partial charge in [0.2, 0.25) is 15.9 Å². The smallest absolute Gasteiger partial charge is 0.240 e. The first-order chi connectivity index (χ1) is 9.51. The number of aryl methyl sites for hydroxylation is 1. The van der Waals surface area contributed by atoms with Crippen LogP contribution < -0.4 is 10.0 Å². The van der Waals surface area contributed by atoms with E-state index in [-0.39, 0.29) is 16.8 Å². The molecule has 6 heteroatoms. The maximum absolute atomic E-state index is 12.2. The van der Waals surface area contributed by atoms with Gasteiger partial charge in [0.15, 0.2) is 0 Å². The summed E-state index contributed by atoms with van der Waals surface area (Å²) in [6.07, 6.45) is 2.89. The molecular weight excluding hydrogens is 276 g/mol. The molecule has 0 aromatic heterocycles. The fourth-order valence-corrected chi connectivity index (χ4v) is 3.52. The monoisotopic (exact) mass is 296 g/mol. The maximum atomic E-state index is 12.2. The molecule has 1 atom stereocenters. The molecule has 1 saturated heterocycles. The lowest BCUT2D eigenvalue weighted by molar-refractivity contribution is -0.122. The predicted molar refractivity (Wildman–Crippen MR) is 76.8 cm³/mol. The zero-order chi connectivity index (χ0) is 14.6. The molecule has 5 nitrogen and oxygen atoms in total. The summed E-state index contributed by atoms with van der Waals surface area (Å²) in [6.45, 7) is 2.44. The van der Waals surface area contributed by atoms with Crippen LogP contribution in [0.1, 0.15) is 31.7 Å². The van der Waals surface area contributed by atoms with Crippen LogP contribution in [-0.2, 0) is 21.2 Å². The first-order valence-electron chi connectivity index (χ1n) is 6.89. The molecule has 2 rings (SSSR count). The Morgan fingerprint density at radius 1 is 1.30 bits per heavy atom. The Bertz CT molecular complexity index is 557. The Hall–Kier alpha value is -1.40. The van der Waals surface area contributed by atoms with Crippen molar-refractivity contribution in [1.82, 2.24) is 10.0 Å². The van der Waals surface area contributed by atoms with Gasteiger partial charge in [0.05, 0.1) is 4.90 Å². The van der Waals surface area contributed by atoms with Crippen molar-refractivity contribution < 1.29 is 13.2 Å². The van der Waals surface area contributed by atoms with Gasteiger partial charge >= 0.3 is 0 Å². The van der Waals surface area contributed by atoms with Crippen LogP contribution in [-0.4, -0.2) is 26.9 Å². The number of benzene rings is 1. The molecule has 1 aromatic carbocycles. The summed E-state index contributed by atoms with van der Waals surface area (Å²) in [5.41, 5.74) is 1.14. The number of hydrogen-bond acceptors (Lipinski definition) is 3. The molecule has 0 saturated carbocycles. The van der Waals surface area contributed by atoms with Gasteiger partial charge in [0, 0.05) is 19.0 Å². The van der Waals surface area contributed by atoms with Crippen molar-refractivity contribution in [2.24, 2.45) is 0 Å². The molecule has 110 valence electrons. The van der Waals surface area contributed by atoms with Crippen molar-refractivity contribution in [1.29, 1.82) is 0 Å². The summed E-state index contributed by atoms with van der Waals surface area (Å²) in [5, 5.41) is 2.67.